The molecule has 0 radical (unpaired) electrons. The van der Waals surface area contributed by atoms with Gasteiger partial charge in [0.25, 0.3) is 0 Å². The maximum absolute atomic E-state index is 11.5. The molecule has 184 valence electrons. The molecule has 0 spiro atoms. The number of imidazole rings is 1. The van der Waals surface area contributed by atoms with E-state index in [0.29, 0.717) is 0 Å². The van der Waals surface area contributed by atoms with Crippen molar-refractivity contribution >= 4 is 6.29 Å². The maximum atomic E-state index is 11.5. The summed E-state index contributed by atoms with van der Waals surface area (Å²) in [6, 6.07) is 33.8. The summed E-state index contributed by atoms with van der Waals surface area (Å²) in [5.41, 5.74) is 11.0. The first-order chi connectivity index (χ1) is 18.2. The molecular weight excluding hydrogens is 452 g/mol. The number of aromatic nitrogens is 2. The van der Waals surface area contributed by atoms with Crippen molar-refractivity contribution in [3.8, 4) is 33.9 Å². The molecule has 0 unspecified atom stereocenters. The molecule has 37 heavy (non-hydrogen) atoms. The van der Waals surface area contributed by atoms with E-state index in [1.165, 1.54) is 16.7 Å². The van der Waals surface area contributed by atoms with Gasteiger partial charge in [0.15, 0.2) is 0 Å². The van der Waals surface area contributed by atoms with Crippen LogP contribution in [0, 0.1) is 0 Å². The summed E-state index contributed by atoms with van der Waals surface area (Å²) in [7, 11) is 0. The maximum Gasteiger partial charge on any atom is 0.150 e. The van der Waals surface area contributed by atoms with E-state index >= 15 is 0 Å². The second kappa shape index (κ2) is 11.2. The van der Waals surface area contributed by atoms with Crippen LogP contribution < -0.4 is 0 Å². The number of carbonyl (C=O) groups excluding carboxylic acids is 1. The molecule has 0 aliphatic rings. The summed E-state index contributed by atoms with van der Waals surface area (Å²) in [5.74, 6) is 0.895. The molecule has 0 atom stereocenters. The van der Waals surface area contributed by atoms with E-state index in [4.69, 9.17) is 4.98 Å². The number of H-pyrrole nitrogens is 1. The third kappa shape index (κ3) is 5.31. The lowest BCUT2D eigenvalue weighted by molar-refractivity contribution is 0.112. The Morgan fingerprint density at radius 2 is 1.30 bits per heavy atom. The number of aryl methyl sites for hydroxylation is 4. The zero-order chi connectivity index (χ0) is 25.6. The second-order valence-electron chi connectivity index (χ2n) is 9.39. The number of benzene rings is 4. The predicted octanol–water partition coefficient (Wildman–Crippen LogP) is 8.13. The second-order valence-corrected chi connectivity index (χ2v) is 9.39. The van der Waals surface area contributed by atoms with Gasteiger partial charge >= 0.3 is 0 Å². The Hall–Kier alpha value is -4.24. The molecule has 0 bridgehead atoms. The molecule has 0 aliphatic carbocycles. The van der Waals surface area contributed by atoms with Crippen molar-refractivity contribution < 1.29 is 4.79 Å². The molecule has 0 saturated heterocycles. The number of aldehydes is 1. The van der Waals surface area contributed by atoms with E-state index in [1.54, 1.807) is 0 Å². The SMILES string of the molecule is CCc1ccc(CCc2ccc(CC)c(-c3nc(-c4ccccc4)c(-c4ccccc4)[nH]3)c2)cc1C=O. The molecule has 4 aromatic carbocycles. The summed E-state index contributed by atoms with van der Waals surface area (Å²) >= 11 is 0. The van der Waals surface area contributed by atoms with Crippen LogP contribution in [0.5, 0.6) is 0 Å². The topological polar surface area (TPSA) is 45.8 Å². The zero-order valence-electron chi connectivity index (χ0n) is 21.5. The molecule has 5 aromatic rings. The molecule has 3 nitrogen and oxygen atoms in total. The lowest BCUT2D eigenvalue weighted by Crippen LogP contribution is -1.98. The molecular formula is C34H32N2O. The highest BCUT2D eigenvalue weighted by Gasteiger charge is 2.17. The highest BCUT2D eigenvalue weighted by molar-refractivity contribution is 5.82. The molecule has 3 heteroatoms. The van der Waals surface area contributed by atoms with E-state index in [9.17, 15) is 4.79 Å². The summed E-state index contributed by atoms with van der Waals surface area (Å²) in [6.07, 6.45) is 4.56. The highest BCUT2D eigenvalue weighted by Crippen LogP contribution is 2.34. The van der Waals surface area contributed by atoms with Gasteiger partial charge < -0.3 is 4.98 Å². The quantitative estimate of drug-likeness (QED) is 0.215. The zero-order valence-corrected chi connectivity index (χ0v) is 21.5. The van der Waals surface area contributed by atoms with Crippen LogP contribution in [0.4, 0.5) is 0 Å². The number of nitrogens with one attached hydrogen (secondary N) is 1. The van der Waals surface area contributed by atoms with E-state index in [1.807, 2.05) is 18.2 Å². The highest BCUT2D eigenvalue weighted by atomic mass is 16.1. The Morgan fingerprint density at radius 3 is 1.92 bits per heavy atom. The van der Waals surface area contributed by atoms with Crippen molar-refractivity contribution in [3.05, 3.63) is 125 Å². The van der Waals surface area contributed by atoms with Crippen LogP contribution in [0.1, 0.15) is 46.5 Å². The van der Waals surface area contributed by atoms with E-state index in [-0.39, 0.29) is 0 Å². The van der Waals surface area contributed by atoms with Gasteiger partial charge in [-0.15, -0.1) is 0 Å². The standard InChI is InChI=1S/C34H32N2O/c1-3-26-19-17-24(21-30(26)23-37)15-16-25-18-20-27(4-2)31(22-25)34-35-32(28-11-7-5-8-12-28)33(36-34)29-13-9-6-10-14-29/h5-14,17-23H,3-4,15-16H2,1-2H3,(H,35,36). The van der Waals surface area contributed by atoms with E-state index in [0.717, 1.165) is 77.0 Å². The predicted molar refractivity (Wildman–Crippen MR) is 153 cm³/mol. The van der Waals surface area contributed by atoms with Gasteiger partial charge in [0, 0.05) is 22.3 Å². The number of rotatable bonds is 9. The largest absolute Gasteiger partial charge is 0.337 e. The summed E-state index contributed by atoms with van der Waals surface area (Å²) in [4.78, 5) is 20.3. The van der Waals surface area contributed by atoms with Gasteiger partial charge in [-0.3, -0.25) is 4.79 Å². The third-order valence-corrected chi connectivity index (χ3v) is 7.04. The Morgan fingerprint density at radius 1 is 0.703 bits per heavy atom. The van der Waals surface area contributed by atoms with Crippen molar-refractivity contribution in [2.24, 2.45) is 0 Å². The van der Waals surface area contributed by atoms with Gasteiger partial charge in [-0.25, -0.2) is 4.98 Å². The lowest BCUT2D eigenvalue weighted by Gasteiger charge is -2.10. The first-order valence-electron chi connectivity index (χ1n) is 13.1. The Labute approximate surface area is 219 Å². The molecule has 0 aliphatic heterocycles. The van der Waals surface area contributed by atoms with Crippen molar-refractivity contribution in [2.75, 3.05) is 0 Å². The number of hydrogen-bond donors (Lipinski definition) is 1. The smallest absolute Gasteiger partial charge is 0.150 e. The van der Waals surface area contributed by atoms with Crippen LogP contribution in [-0.4, -0.2) is 16.3 Å². The van der Waals surface area contributed by atoms with Gasteiger partial charge in [0.05, 0.1) is 11.4 Å². The minimum Gasteiger partial charge on any atom is -0.337 e. The van der Waals surface area contributed by atoms with Crippen molar-refractivity contribution in [3.63, 3.8) is 0 Å². The van der Waals surface area contributed by atoms with Crippen molar-refractivity contribution in [1.82, 2.24) is 9.97 Å². The Balaban J connectivity index is 1.51. The number of carbonyl (C=O) groups is 1. The fraction of sp³-hybridized carbons (Fsp3) is 0.176. The molecule has 5 rings (SSSR count). The molecule has 0 amide bonds. The van der Waals surface area contributed by atoms with Gasteiger partial charge in [-0.2, -0.15) is 0 Å². The van der Waals surface area contributed by atoms with Gasteiger partial charge in [0.1, 0.15) is 12.1 Å². The summed E-state index contributed by atoms with van der Waals surface area (Å²) in [5, 5.41) is 0. The molecule has 0 fully saturated rings. The van der Waals surface area contributed by atoms with Crippen LogP contribution in [0.25, 0.3) is 33.9 Å². The van der Waals surface area contributed by atoms with Crippen LogP contribution in [0.15, 0.2) is 97.1 Å². The minimum absolute atomic E-state index is 0.805. The van der Waals surface area contributed by atoms with E-state index < -0.39 is 0 Å². The monoisotopic (exact) mass is 484 g/mol. The molecule has 1 heterocycles. The summed E-state index contributed by atoms with van der Waals surface area (Å²) < 4.78 is 0. The average molecular weight is 485 g/mol. The van der Waals surface area contributed by atoms with Crippen LogP contribution in [0.2, 0.25) is 0 Å². The van der Waals surface area contributed by atoms with Crippen LogP contribution >= 0.6 is 0 Å². The molecule has 0 saturated carbocycles. The normalized spacial score (nSPS) is 11.0. The Bertz CT molecular complexity index is 1440. The molecule has 1 aromatic heterocycles. The lowest BCUT2D eigenvalue weighted by atomic mass is 9.96. The average Bonchev–Trinajstić information content (AvgIpc) is 3.42. The Kier molecular flexibility index (Phi) is 7.41. The first kappa shape index (κ1) is 24.5. The van der Waals surface area contributed by atoms with Crippen LogP contribution in [-0.2, 0) is 25.7 Å². The number of hydrogen-bond acceptors (Lipinski definition) is 2. The van der Waals surface area contributed by atoms with E-state index in [2.05, 4.69) is 97.7 Å². The van der Waals surface area contributed by atoms with Crippen molar-refractivity contribution in [1.29, 1.82) is 0 Å². The van der Waals surface area contributed by atoms with Gasteiger partial charge in [0.2, 0.25) is 0 Å². The van der Waals surface area contributed by atoms with Gasteiger partial charge in [-0.1, -0.05) is 98.8 Å². The van der Waals surface area contributed by atoms with Crippen molar-refractivity contribution in [2.45, 2.75) is 39.5 Å². The third-order valence-electron chi connectivity index (χ3n) is 7.04. The van der Waals surface area contributed by atoms with Gasteiger partial charge in [-0.05, 0) is 60.1 Å². The fourth-order valence-corrected chi connectivity index (χ4v) is 4.95. The molecule has 1 N–H and O–H groups in total. The fourth-order valence-electron chi connectivity index (χ4n) is 4.95. The number of nitrogens with zero attached hydrogens (tertiary/aromatic N) is 1. The van der Waals surface area contributed by atoms with Crippen LogP contribution in [0.3, 0.4) is 0 Å². The summed E-state index contributed by atoms with van der Waals surface area (Å²) in [6.45, 7) is 4.27. The number of aromatic amines is 1. The first-order valence-corrected chi connectivity index (χ1v) is 13.1. The minimum atomic E-state index is 0.805.